The van der Waals surface area contributed by atoms with Gasteiger partial charge in [-0.15, -0.1) is 0 Å². The lowest BCUT2D eigenvalue weighted by Gasteiger charge is -2.35. The van der Waals surface area contributed by atoms with Crippen molar-refractivity contribution in [2.24, 2.45) is 0 Å². The highest BCUT2D eigenvalue weighted by atomic mass is 32.1. The number of thiocarbonyl (C=S) groups is 1. The predicted octanol–water partition coefficient (Wildman–Crippen LogP) is 5.36. The fourth-order valence-corrected chi connectivity index (χ4v) is 5.39. The Morgan fingerprint density at radius 2 is 1.51 bits per heavy atom. The zero-order valence-corrected chi connectivity index (χ0v) is 22.1. The summed E-state index contributed by atoms with van der Waals surface area (Å²) in [5.41, 5.74) is 4.38. The largest absolute Gasteiger partial charge is 0.469 e. The molecule has 2 heterocycles. The molecule has 1 fully saturated rings. The van der Waals surface area contributed by atoms with Crippen LogP contribution in [0.2, 0.25) is 0 Å². The molecule has 3 aromatic carbocycles. The Morgan fingerprint density at radius 3 is 2.14 bits per heavy atom. The molecule has 1 aliphatic heterocycles. The zero-order chi connectivity index (χ0) is 25.6. The molecule has 1 N–H and O–H groups in total. The number of imidazole rings is 1. The van der Waals surface area contributed by atoms with Crippen LogP contribution in [0, 0.1) is 0 Å². The molecule has 37 heavy (non-hydrogen) atoms. The minimum atomic E-state index is -0.0378. The van der Waals surface area contributed by atoms with Crippen LogP contribution < -0.4 is 5.69 Å². The van der Waals surface area contributed by atoms with Crippen LogP contribution in [0.5, 0.6) is 0 Å². The minimum absolute atomic E-state index is 0.0378. The van der Waals surface area contributed by atoms with E-state index in [1.54, 1.807) is 0 Å². The first-order valence-electron chi connectivity index (χ1n) is 13.0. The standard InChI is InChI=1S/C30H34N4O2S/c1-23(33(20-24-10-4-2-5-11-24)21-25-12-6-3-7-13-25)22-36-30(37)32-18-16-26(17-19-32)34-28-15-9-8-14-27(28)31-29(34)35/h2-15,23,26H,16-22H2,1H3,(H,31,35)/t23-/m0/s1. The first-order chi connectivity index (χ1) is 18.1. The van der Waals surface area contributed by atoms with Crippen LogP contribution in [0.3, 0.4) is 0 Å². The Labute approximate surface area is 223 Å². The molecule has 5 rings (SSSR count). The van der Waals surface area contributed by atoms with Gasteiger partial charge in [0.25, 0.3) is 5.17 Å². The number of aromatic nitrogens is 2. The number of fused-ring (bicyclic) bond motifs is 1. The first-order valence-corrected chi connectivity index (χ1v) is 13.4. The summed E-state index contributed by atoms with van der Waals surface area (Å²) in [4.78, 5) is 20.1. The maximum Gasteiger partial charge on any atom is 0.326 e. The summed E-state index contributed by atoms with van der Waals surface area (Å²) >= 11 is 5.69. The van der Waals surface area contributed by atoms with Crippen LogP contribution in [0.15, 0.2) is 89.7 Å². The molecular weight excluding hydrogens is 480 g/mol. The molecule has 0 saturated carbocycles. The summed E-state index contributed by atoms with van der Waals surface area (Å²) in [6.45, 7) is 5.98. The van der Waals surface area contributed by atoms with Gasteiger partial charge in [0, 0.05) is 38.3 Å². The van der Waals surface area contributed by atoms with E-state index in [9.17, 15) is 4.79 Å². The van der Waals surface area contributed by atoms with Gasteiger partial charge in [0.05, 0.1) is 11.0 Å². The smallest absolute Gasteiger partial charge is 0.326 e. The van der Waals surface area contributed by atoms with Crippen LogP contribution >= 0.6 is 12.2 Å². The van der Waals surface area contributed by atoms with Gasteiger partial charge in [-0.05, 0) is 55.2 Å². The number of hydrogen-bond donors (Lipinski definition) is 1. The fourth-order valence-electron chi connectivity index (χ4n) is 5.14. The van der Waals surface area contributed by atoms with Crippen LogP contribution in [-0.2, 0) is 17.8 Å². The van der Waals surface area contributed by atoms with E-state index in [0.717, 1.165) is 50.1 Å². The average molecular weight is 515 g/mol. The molecule has 7 heteroatoms. The van der Waals surface area contributed by atoms with Gasteiger partial charge in [-0.1, -0.05) is 72.8 Å². The predicted molar refractivity (Wildman–Crippen MR) is 153 cm³/mol. The third-order valence-corrected chi connectivity index (χ3v) is 7.62. The molecule has 1 saturated heterocycles. The summed E-state index contributed by atoms with van der Waals surface area (Å²) in [6, 6.07) is 29.3. The molecule has 0 bridgehead atoms. The number of hydrogen-bond acceptors (Lipinski definition) is 4. The Balaban J connectivity index is 1.17. The number of nitrogens with zero attached hydrogens (tertiary/aromatic N) is 3. The van der Waals surface area contributed by atoms with E-state index in [0.29, 0.717) is 11.8 Å². The highest BCUT2D eigenvalue weighted by Crippen LogP contribution is 2.25. The number of likely N-dealkylation sites (tertiary alicyclic amines) is 1. The van der Waals surface area contributed by atoms with Gasteiger partial charge in [0.2, 0.25) is 0 Å². The van der Waals surface area contributed by atoms with Gasteiger partial charge in [0.1, 0.15) is 6.61 Å². The molecule has 0 unspecified atom stereocenters. The van der Waals surface area contributed by atoms with Crippen molar-refractivity contribution >= 4 is 28.4 Å². The zero-order valence-electron chi connectivity index (χ0n) is 21.3. The van der Waals surface area contributed by atoms with Crippen molar-refractivity contribution in [3.63, 3.8) is 0 Å². The first kappa shape index (κ1) is 25.2. The molecule has 6 nitrogen and oxygen atoms in total. The third kappa shape index (κ3) is 6.12. The summed E-state index contributed by atoms with van der Waals surface area (Å²) < 4.78 is 8.07. The van der Waals surface area contributed by atoms with Crippen molar-refractivity contribution < 1.29 is 4.74 Å². The van der Waals surface area contributed by atoms with Gasteiger partial charge in [-0.25, -0.2) is 4.79 Å². The van der Waals surface area contributed by atoms with Crippen LogP contribution in [0.25, 0.3) is 11.0 Å². The lowest BCUT2D eigenvalue weighted by atomic mass is 10.1. The molecule has 0 radical (unpaired) electrons. The SMILES string of the molecule is C[C@@H](COC(=S)N1CCC(n2c(=O)[nH]c3ccccc32)CC1)N(Cc1ccccc1)Cc1ccccc1. The third-order valence-electron chi connectivity index (χ3n) is 7.24. The van der Waals surface area contributed by atoms with Crippen LogP contribution in [0.1, 0.15) is 36.9 Å². The number of benzene rings is 3. The second-order valence-electron chi connectivity index (χ2n) is 9.84. The number of piperidine rings is 1. The van der Waals surface area contributed by atoms with Gasteiger partial charge in [-0.3, -0.25) is 9.47 Å². The second kappa shape index (κ2) is 11.8. The van der Waals surface area contributed by atoms with E-state index < -0.39 is 0 Å². The molecule has 1 atom stereocenters. The van der Waals surface area contributed by atoms with E-state index in [4.69, 9.17) is 17.0 Å². The molecule has 0 spiro atoms. The number of nitrogens with one attached hydrogen (secondary N) is 1. The summed E-state index contributed by atoms with van der Waals surface area (Å²) in [7, 11) is 0. The summed E-state index contributed by atoms with van der Waals surface area (Å²) in [6.07, 6.45) is 1.71. The molecule has 192 valence electrons. The molecule has 1 aromatic heterocycles. The van der Waals surface area contributed by atoms with Crippen LogP contribution in [0.4, 0.5) is 0 Å². The van der Waals surface area contributed by atoms with E-state index in [-0.39, 0.29) is 17.8 Å². The maximum atomic E-state index is 12.6. The van der Waals surface area contributed by atoms with Gasteiger partial charge < -0.3 is 14.6 Å². The average Bonchev–Trinajstić information content (AvgIpc) is 3.28. The van der Waals surface area contributed by atoms with Crippen molar-refractivity contribution in [2.75, 3.05) is 19.7 Å². The van der Waals surface area contributed by atoms with Crippen molar-refractivity contribution in [1.29, 1.82) is 0 Å². The molecular formula is C30H34N4O2S. The molecule has 4 aromatic rings. The van der Waals surface area contributed by atoms with E-state index in [1.165, 1.54) is 11.1 Å². The van der Waals surface area contributed by atoms with Crippen LogP contribution in [-0.4, -0.2) is 50.3 Å². The van der Waals surface area contributed by atoms with Crippen molar-refractivity contribution in [3.8, 4) is 0 Å². The number of para-hydroxylation sites is 2. The topological polar surface area (TPSA) is 53.5 Å². The fraction of sp³-hybridized carbons (Fsp3) is 0.333. The lowest BCUT2D eigenvalue weighted by molar-refractivity contribution is 0.112. The van der Waals surface area contributed by atoms with E-state index >= 15 is 0 Å². The second-order valence-corrected chi connectivity index (χ2v) is 10.2. The minimum Gasteiger partial charge on any atom is -0.469 e. The maximum absolute atomic E-state index is 12.6. The van der Waals surface area contributed by atoms with Gasteiger partial charge in [0.15, 0.2) is 0 Å². The Kier molecular flexibility index (Phi) is 8.02. The monoisotopic (exact) mass is 514 g/mol. The highest BCUT2D eigenvalue weighted by Gasteiger charge is 2.26. The highest BCUT2D eigenvalue weighted by molar-refractivity contribution is 7.80. The number of H-pyrrole nitrogens is 1. The molecule has 0 aliphatic carbocycles. The molecule has 1 aliphatic rings. The Bertz CT molecular complexity index is 1320. The van der Waals surface area contributed by atoms with Gasteiger partial charge >= 0.3 is 5.69 Å². The lowest BCUT2D eigenvalue weighted by Crippen LogP contribution is -2.42. The van der Waals surface area contributed by atoms with E-state index in [2.05, 4.69) is 70.2 Å². The molecule has 0 amide bonds. The number of aromatic amines is 1. The number of rotatable bonds is 8. The van der Waals surface area contributed by atoms with Gasteiger partial charge in [-0.2, -0.15) is 0 Å². The quantitative estimate of drug-likeness (QED) is 0.321. The Hall–Kier alpha value is -3.42. The summed E-state index contributed by atoms with van der Waals surface area (Å²) in [5, 5.41) is 0.552. The van der Waals surface area contributed by atoms with E-state index in [1.807, 2.05) is 41.0 Å². The van der Waals surface area contributed by atoms with Crippen molar-refractivity contribution in [1.82, 2.24) is 19.4 Å². The van der Waals surface area contributed by atoms with Crippen molar-refractivity contribution in [3.05, 3.63) is 107 Å². The number of ether oxygens (including phenoxy) is 1. The summed E-state index contributed by atoms with van der Waals surface area (Å²) in [5.74, 6) is 0. The normalized spacial score (nSPS) is 15.2. The van der Waals surface area contributed by atoms with Crippen molar-refractivity contribution in [2.45, 2.75) is 44.9 Å². The Morgan fingerprint density at radius 1 is 0.946 bits per heavy atom.